The van der Waals surface area contributed by atoms with Crippen molar-refractivity contribution in [3.8, 4) is 5.75 Å². The van der Waals surface area contributed by atoms with Gasteiger partial charge in [0.05, 0.1) is 12.2 Å². The summed E-state index contributed by atoms with van der Waals surface area (Å²) in [6, 6.07) is 1.01. The van der Waals surface area contributed by atoms with E-state index in [1.807, 2.05) is 0 Å². The van der Waals surface area contributed by atoms with Crippen LogP contribution in [0, 0.1) is 5.82 Å². The first-order chi connectivity index (χ1) is 7.39. The van der Waals surface area contributed by atoms with E-state index in [1.54, 1.807) is 0 Å². The molecule has 1 aliphatic rings. The fourth-order valence-electron chi connectivity index (χ4n) is 1.65. The quantitative estimate of drug-likeness (QED) is 0.701. The van der Waals surface area contributed by atoms with Gasteiger partial charge in [-0.25, -0.2) is 4.39 Å². The molecule has 6 heteroatoms. The number of hydrogen-bond donors (Lipinski definition) is 1. The van der Waals surface area contributed by atoms with Crippen molar-refractivity contribution in [2.45, 2.75) is 18.6 Å². The number of benzene rings is 1. The van der Waals surface area contributed by atoms with Gasteiger partial charge in [0, 0.05) is 18.0 Å². The first kappa shape index (κ1) is 11.2. The Morgan fingerprint density at radius 3 is 2.62 bits per heavy atom. The van der Waals surface area contributed by atoms with Crippen molar-refractivity contribution in [2.75, 3.05) is 6.61 Å². The molecule has 2 nitrogen and oxygen atoms in total. The van der Waals surface area contributed by atoms with Crippen LogP contribution >= 0.6 is 0 Å². The normalized spacial score (nSPS) is 20.2. The van der Waals surface area contributed by atoms with Crippen molar-refractivity contribution in [3.05, 3.63) is 29.1 Å². The summed E-state index contributed by atoms with van der Waals surface area (Å²) in [6.45, 7) is 0.247. The molecule has 0 radical (unpaired) electrons. The number of halogens is 4. The van der Waals surface area contributed by atoms with E-state index in [2.05, 4.69) is 0 Å². The summed E-state index contributed by atoms with van der Waals surface area (Å²) >= 11 is 0. The predicted octanol–water partition coefficient (Wildman–Crippen LogP) is 2.63. The summed E-state index contributed by atoms with van der Waals surface area (Å²) < 4.78 is 55.4. The minimum Gasteiger partial charge on any atom is -0.493 e. The van der Waals surface area contributed by atoms with Gasteiger partial charge in [-0.15, -0.1) is 0 Å². The minimum atomic E-state index is -4.72. The van der Waals surface area contributed by atoms with E-state index in [4.69, 9.17) is 10.5 Å². The first-order valence-corrected chi connectivity index (χ1v) is 4.68. The molecule has 88 valence electrons. The summed E-state index contributed by atoms with van der Waals surface area (Å²) in [4.78, 5) is 0. The molecule has 2 rings (SSSR count). The van der Waals surface area contributed by atoms with Gasteiger partial charge >= 0.3 is 6.18 Å². The van der Waals surface area contributed by atoms with E-state index in [9.17, 15) is 17.6 Å². The fraction of sp³-hybridized carbons (Fsp3) is 0.400. The predicted molar refractivity (Wildman–Crippen MR) is 48.4 cm³/mol. The average molecular weight is 235 g/mol. The number of ether oxygens (including phenoxy) is 1. The van der Waals surface area contributed by atoms with Crippen molar-refractivity contribution in [1.29, 1.82) is 0 Å². The van der Waals surface area contributed by atoms with Gasteiger partial charge in [0.25, 0.3) is 0 Å². The topological polar surface area (TPSA) is 35.2 Å². The van der Waals surface area contributed by atoms with Gasteiger partial charge in [0.1, 0.15) is 11.6 Å². The maximum Gasteiger partial charge on any atom is 0.419 e. The van der Waals surface area contributed by atoms with E-state index in [-0.39, 0.29) is 17.9 Å². The van der Waals surface area contributed by atoms with Gasteiger partial charge in [0.2, 0.25) is 0 Å². The van der Waals surface area contributed by atoms with Crippen molar-refractivity contribution >= 4 is 0 Å². The zero-order chi connectivity index (χ0) is 11.9. The molecule has 16 heavy (non-hydrogen) atoms. The SMILES string of the molecule is NC1CCOc2cc(C(F)(F)F)c(F)cc21. The molecule has 1 heterocycles. The van der Waals surface area contributed by atoms with E-state index < -0.39 is 23.6 Å². The highest BCUT2D eigenvalue weighted by Gasteiger charge is 2.36. The van der Waals surface area contributed by atoms with Crippen LogP contribution in [0.4, 0.5) is 17.6 Å². The van der Waals surface area contributed by atoms with Crippen LogP contribution in [-0.4, -0.2) is 6.61 Å². The lowest BCUT2D eigenvalue weighted by Crippen LogP contribution is -2.22. The van der Waals surface area contributed by atoms with Crippen LogP contribution in [0.2, 0.25) is 0 Å². The highest BCUT2D eigenvalue weighted by molar-refractivity contribution is 5.42. The van der Waals surface area contributed by atoms with Gasteiger partial charge in [-0.1, -0.05) is 0 Å². The third-order valence-corrected chi connectivity index (χ3v) is 2.49. The molecular weight excluding hydrogens is 226 g/mol. The van der Waals surface area contributed by atoms with Crippen molar-refractivity contribution in [3.63, 3.8) is 0 Å². The lowest BCUT2D eigenvalue weighted by molar-refractivity contribution is -0.140. The second-order valence-corrected chi connectivity index (χ2v) is 3.61. The molecule has 1 aromatic carbocycles. The summed E-state index contributed by atoms with van der Waals surface area (Å²) in [7, 11) is 0. The number of nitrogens with two attached hydrogens (primary N) is 1. The third-order valence-electron chi connectivity index (χ3n) is 2.49. The highest BCUT2D eigenvalue weighted by Crippen LogP contribution is 2.38. The molecule has 0 saturated heterocycles. The third kappa shape index (κ3) is 1.84. The monoisotopic (exact) mass is 235 g/mol. The van der Waals surface area contributed by atoms with E-state index in [0.29, 0.717) is 12.5 Å². The second kappa shape index (κ2) is 3.62. The Morgan fingerprint density at radius 1 is 1.31 bits per heavy atom. The molecule has 0 saturated carbocycles. The van der Waals surface area contributed by atoms with Crippen LogP contribution in [0.1, 0.15) is 23.6 Å². The maximum absolute atomic E-state index is 13.2. The Labute approximate surface area is 89.0 Å². The summed E-state index contributed by atoms with van der Waals surface area (Å²) in [6.07, 6.45) is -4.25. The molecule has 0 bridgehead atoms. The smallest absolute Gasteiger partial charge is 0.419 e. The Balaban J connectivity index is 2.53. The second-order valence-electron chi connectivity index (χ2n) is 3.61. The number of hydrogen-bond acceptors (Lipinski definition) is 2. The number of rotatable bonds is 0. The lowest BCUT2D eigenvalue weighted by Gasteiger charge is -2.24. The molecular formula is C10H9F4NO. The van der Waals surface area contributed by atoms with Gasteiger partial charge in [-0.2, -0.15) is 13.2 Å². The Kier molecular flexibility index (Phi) is 2.53. The van der Waals surface area contributed by atoms with Crippen molar-refractivity contribution in [2.24, 2.45) is 5.73 Å². The fourth-order valence-corrected chi connectivity index (χ4v) is 1.65. The highest BCUT2D eigenvalue weighted by atomic mass is 19.4. The van der Waals surface area contributed by atoms with Crippen LogP contribution in [0.15, 0.2) is 12.1 Å². The molecule has 1 aliphatic heterocycles. The molecule has 1 atom stereocenters. The zero-order valence-corrected chi connectivity index (χ0v) is 8.14. The van der Waals surface area contributed by atoms with E-state index >= 15 is 0 Å². The number of alkyl halides is 3. The lowest BCUT2D eigenvalue weighted by atomic mass is 9.99. The maximum atomic E-state index is 13.2. The van der Waals surface area contributed by atoms with Crippen LogP contribution in [0.3, 0.4) is 0 Å². The first-order valence-electron chi connectivity index (χ1n) is 4.68. The average Bonchev–Trinajstić information content (AvgIpc) is 2.17. The molecule has 2 N–H and O–H groups in total. The Bertz CT molecular complexity index is 416. The van der Waals surface area contributed by atoms with Crippen LogP contribution in [0.25, 0.3) is 0 Å². The molecule has 1 aromatic rings. The standard InChI is InChI=1S/C10H9F4NO/c11-7-3-5-8(15)1-2-16-9(5)4-6(7)10(12,13)14/h3-4,8H,1-2,15H2. The Morgan fingerprint density at radius 2 is 2.00 bits per heavy atom. The molecule has 0 aromatic heterocycles. The van der Waals surface area contributed by atoms with Crippen LogP contribution in [0.5, 0.6) is 5.75 Å². The van der Waals surface area contributed by atoms with Gasteiger partial charge < -0.3 is 10.5 Å². The summed E-state index contributed by atoms with van der Waals surface area (Å²) in [5, 5.41) is 0. The van der Waals surface area contributed by atoms with Crippen molar-refractivity contribution in [1.82, 2.24) is 0 Å². The Hall–Kier alpha value is -1.30. The van der Waals surface area contributed by atoms with Gasteiger partial charge in [0.15, 0.2) is 0 Å². The van der Waals surface area contributed by atoms with E-state index in [1.165, 1.54) is 0 Å². The summed E-state index contributed by atoms with van der Waals surface area (Å²) in [5.41, 5.74) is 4.62. The largest absolute Gasteiger partial charge is 0.493 e. The molecule has 0 fully saturated rings. The van der Waals surface area contributed by atoms with Crippen LogP contribution in [-0.2, 0) is 6.18 Å². The summed E-state index contributed by atoms with van der Waals surface area (Å²) in [5.74, 6) is -1.29. The minimum absolute atomic E-state index is 0.0208. The van der Waals surface area contributed by atoms with Crippen molar-refractivity contribution < 1.29 is 22.3 Å². The van der Waals surface area contributed by atoms with E-state index in [0.717, 1.165) is 6.07 Å². The molecule has 1 unspecified atom stereocenters. The molecule has 0 spiro atoms. The van der Waals surface area contributed by atoms with Crippen LogP contribution < -0.4 is 10.5 Å². The van der Waals surface area contributed by atoms with Gasteiger partial charge in [-0.05, 0) is 12.1 Å². The zero-order valence-electron chi connectivity index (χ0n) is 8.14. The van der Waals surface area contributed by atoms with Gasteiger partial charge in [-0.3, -0.25) is 0 Å². The molecule has 0 amide bonds. The molecule has 0 aliphatic carbocycles. The number of fused-ring (bicyclic) bond motifs is 1.